The average molecular weight is 268 g/mol. The molecular formula is C19H24O. The molecule has 0 aromatic heterocycles. The van der Waals surface area contributed by atoms with Gasteiger partial charge in [-0.3, -0.25) is 0 Å². The van der Waals surface area contributed by atoms with Gasteiger partial charge in [-0.2, -0.15) is 0 Å². The van der Waals surface area contributed by atoms with Gasteiger partial charge in [0.25, 0.3) is 0 Å². The molecule has 1 aliphatic heterocycles. The zero-order chi connectivity index (χ0) is 13.8. The molecule has 0 amide bonds. The van der Waals surface area contributed by atoms with Crippen molar-refractivity contribution in [3.63, 3.8) is 0 Å². The molecule has 1 aliphatic carbocycles. The van der Waals surface area contributed by atoms with Crippen LogP contribution in [-0.2, 0) is 4.74 Å². The monoisotopic (exact) mass is 268 g/mol. The molecule has 3 atom stereocenters. The summed E-state index contributed by atoms with van der Waals surface area (Å²) in [5.41, 5.74) is 2.74. The smallest absolute Gasteiger partial charge is 0.120 e. The summed E-state index contributed by atoms with van der Waals surface area (Å²) in [7, 11) is 0. The molecule has 20 heavy (non-hydrogen) atoms. The minimum Gasteiger partial charge on any atom is -0.493 e. The first-order chi connectivity index (χ1) is 9.90. The Kier molecular flexibility index (Phi) is 4.25. The van der Waals surface area contributed by atoms with Gasteiger partial charge in [0.15, 0.2) is 0 Å². The number of allylic oxidation sites excluding steroid dienone is 2. The van der Waals surface area contributed by atoms with Gasteiger partial charge in [-0.1, -0.05) is 62.6 Å². The summed E-state index contributed by atoms with van der Waals surface area (Å²) in [5.74, 6) is 1.30. The van der Waals surface area contributed by atoms with Gasteiger partial charge >= 0.3 is 0 Å². The fourth-order valence-electron chi connectivity index (χ4n) is 3.55. The molecule has 106 valence electrons. The third-order valence-electron chi connectivity index (χ3n) is 4.65. The van der Waals surface area contributed by atoms with Crippen molar-refractivity contribution in [2.24, 2.45) is 11.8 Å². The zero-order valence-corrected chi connectivity index (χ0v) is 12.3. The number of ether oxygens (including phenoxy) is 1. The molecule has 1 aromatic rings. The van der Waals surface area contributed by atoms with Crippen molar-refractivity contribution < 1.29 is 4.74 Å². The maximum atomic E-state index is 5.96. The van der Waals surface area contributed by atoms with Crippen molar-refractivity contribution in [1.29, 1.82) is 0 Å². The second-order valence-electron chi connectivity index (χ2n) is 5.97. The maximum Gasteiger partial charge on any atom is 0.120 e. The first kappa shape index (κ1) is 13.5. The standard InChI is InChI=1S/C19H24O/c1-2-3-5-11-16-17-12-8-13-19(17)20-14-18(16)15-9-6-4-7-10-15/h4,6-10,13-14,16-17,19H,2-3,5,11-12H2,1H3/t16-,17+,19+/m0/s1. The summed E-state index contributed by atoms with van der Waals surface area (Å²) in [4.78, 5) is 0. The number of unbranched alkanes of at least 4 members (excludes halogenated alkanes) is 2. The normalized spacial score (nSPS) is 27.9. The van der Waals surface area contributed by atoms with Crippen molar-refractivity contribution in [1.82, 2.24) is 0 Å². The Morgan fingerprint density at radius 2 is 2.00 bits per heavy atom. The van der Waals surface area contributed by atoms with Crippen molar-refractivity contribution in [3.8, 4) is 0 Å². The summed E-state index contributed by atoms with van der Waals surface area (Å²) in [5, 5.41) is 0. The molecule has 3 rings (SSSR count). The predicted molar refractivity (Wildman–Crippen MR) is 84.2 cm³/mol. The van der Waals surface area contributed by atoms with Gasteiger partial charge in [-0.15, -0.1) is 0 Å². The van der Waals surface area contributed by atoms with E-state index in [1.807, 2.05) is 6.26 Å². The van der Waals surface area contributed by atoms with Crippen molar-refractivity contribution >= 4 is 5.57 Å². The summed E-state index contributed by atoms with van der Waals surface area (Å²) >= 11 is 0. The second kappa shape index (κ2) is 6.30. The lowest BCUT2D eigenvalue weighted by molar-refractivity contribution is 0.0963. The first-order valence-corrected chi connectivity index (χ1v) is 7.97. The SMILES string of the molecule is CCCCC[C@@H]1C(c2ccccc2)=CO[C@@H]2C=CC[C@H]12. The van der Waals surface area contributed by atoms with E-state index >= 15 is 0 Å². The fraction of sp³-hybridized carbons (Fsp3) is 0.474. The van der Waals surface area contributed by atoms with E-state index in [4.69, 9.17) is 4.74 Å². The van der Waals surface area contributed by atoms with Crippen LogP contribution in [0, 0.1) is 11.8 Å². The second-order valence-corrected chi connectivity index (χ2v) is 5.97. The van der Waals surface area contributed by atoms with Gasteiger partial charge in [0.1, 0.15) is 6.10 Å². The molecule has 0 bridgehead atoms. The molecule has 0 spiro atoms. The molecule has 0 saturated heterocycles. The lowest BCUT2D eigenvalue weighted by Gasteiger charge is -2.35. The Morgan fingerprint density at radius 1 is 1.15 bits per heavy atom. The summed E-state index contributed by atoms with van der Waals surface area (Å²) < 4.78 is 5.96. The van der Waals surface area contributed by atoms with Gasteiger partial charge < -0.3 is 4.74 Å². The molecule has 0 saturated carbocycles. The van der Waals surface area contributed by atoms with Gasteiger partial charge in [0.2, 0.25) is 0 Å². The van der Waals surface area contributed by atoms with E-state index in [0.717, 1.165) is 0 Å². The molecular weight excluding hydrogens is 244 g/mol. The van der Waals surface area contributed by atoms with Crippen molar-refractivity contribution in [2.75, 3.05) is 0 Å². The third kappa shape index (κ3) is 2.67. The number of benzene rings is 1. The summed E-state index contributed by atoms with van der Waals surface area (Å²) in [6, 6.07) is 10.8. The van der Waals surface area contributed by atoms with Crippen LogP contribution >= 0.6 is 0 Å². The topological polar surface area (TPSA) is 9.23 Å². The van der Waals surface area contributed by atoms with E-state index in [1.54, 1.807) is 0 Å². The van der Waals surface area contributed by atoms with Crippen LogP contribution in [0.25, 0.3) is 5.57 Å². The van der Waals surface area contributed by atoms with E-state index < -0.39 is 0 Å². The van der Waals surface area contributed by atoms with Crippen LogP contribution in [0.15, 0.2) is 48.7 Å². The molecule has 1 aromatic carbocycles. The van der Waals surface area contributed by atoms with Gasteiger partial charge in [0.05, 0.1) is 6.26 Å². The maximum absolute atomic E-state index is 5.96. The molecule has 0 unspecified atom stereocenters. The number of fused-ring (bicyclic) bond motifs is 1. The highest BCUT2D eigenvalue weighted by Crippen LogP contribution is 2.43. The van der Waals surface area contributed by atoms with Gasteiger partial charge in [0, 0.05) is 5.92 Å². The van der Waals surface area contributed by atoms with Crippen LogP contribution in [-0.4, -0.2) is 6.10 Å². The molecule has 0 fully saturated rings. The average Bonchev–Trinajstić information content (AvgIpc) is 2.97. The van der Waals surface area contributed by atoms with Crippen LogP contribution in [0.5, 0.6) is 0 Å². The summed E-state index contributed by atoms with van der Waals surface area (Å²) in [6.45, 7) is 2.28. The minimum absolute atomic E-state index is 0.314. The largest absolute Gasteiger partial charge is 0.493 e. The molecule has 2 aliphatic rings. The van der Waals surface area contributed by atoms with Crippen molar-refractivity contribution in [3.05, 3.63) is 54.3 Å². The molecule has 1 heteroatoms. The highest BCUT2D eigenvalue weighted by Gasteiger charge is 2.36. The van der Waals surface area contributed by atoms with E-state index in [-0.39, 0.29) is 0 Å². The van der Waals surface area contributed by atoms with Crippen LogP contribution in [0.2, 0.25) is 0 Å². The third-order valence-corrected chi connectivity index (χ3v) is 4.65. The Labute approximate surface area is 122 Å². The van der Waals surface area contributed by atoms with Crippen molar-refractivity contribution in [2.45, 2.75) is 45.1 Å². The van der Waals surface area contributed by atoms with Crippen LogP contribution in [0.4, 0.5) is 0 Å². The Balaban J connectivity index is 1.82. The lowest BCUT2D eigenvalue weighted by Crippen LogP contribution is -2.29. The predicted octanol–water partition coefficient (Wildman–Crippen LogP) is 5.20. The van der Waals surface area contributed by atoms with Crippen LogP contribution in [0.1, 0.15) is 44.6 Å². The van der Waals surface area contributed by atoms with Crippen LogP contribution in [0.3, 0.4) is 0 Å². The molecule has 1 nitrogen and oxygen atoms in total. The number of hydrogen-bond donors (Lipinski definition) is 0. The minimum atomic E-state index is 0.314. The summed E-state index contributed by atoms with van der Waals surface area (Å²) in [6.07, 6.45) is 13.3. The van der Waals surface area contributed by atoms with E-state index in [0.29, 0.717) is 17.9 Å². The Bertz CT molecular complexity index is 486. The van der Waals surface area contributed by atoms with Gasteiger partial charge in [-0.25, -0.2) is 0 Å². The molecule has 1 heterocycles. The zero-order valence-electron chi connectivity index (χ0n) is 12.3. The van der Waals surface area contributed by atoms with E-state index in [9.17, 15) is 0 Å². The lowest BCUT2D eigenvalue weighted by atomic mass is 9.76. The fourth-order valence-corrected chi connectivity index (χ4v) is 3.55. The van der Waals surface area contributed by atoms with E-state index in [1.165, 1.54) is 43.2 Å². The van der Waals surface area contributed by atoms with Gasteiger partial charge in [-0.05, 0) is 36.0 Å². The molecule has 0 radical (unpaired) electrons. The highest BCUT2D eigenvalue weighted by molar-refractivity contribution is 5.67. The number of rotatable bonds is 5. The van der Waals surface area contributed by atoms with Crippen LogP contribution < -0.4 is 0 Å². The Morgan fingerprint density at radius 3 is 2.80 bits per heavy atom. The quantitative estimate of drug-likeness (QED) is 0.527. The number of hydrogen-bond acceptors (Lipinski definition) is 1. The molecule has 0 N–H and O–H groups in total. The first-order valence-electron chi connectivity index (χ1n) is 7.97. The van der Waals surface area contributed by atoms with E-state index in [2.05, 4.69) is 49.4 Å². The highest BCUT2D eigenvalue weighted by atomic mass is 16.5. The Hall–Kier alpha value is -1.50.